The van der Waals surface area contributed by atoms with E-state index in [1.165, 1.54) is 5.56 Å². The summed E-state index contributed by atoms with van der Waals surface area (Å²) in [6.45, 7) is 7.67. The summed E-state index contributed by atoms with van der Waals surface area (Å²) >= 11 is 0. The van der Waals surface area contributed by atoms with Crippen molar-refractivity contribution >= 4 is 5.91 Å². The Kier molecular flexibility index (Phi) is 4.69. The number of nitrogens with zero attached hydrogens (tertiary/aromatic N) is 2. The van der Waals surface area contributed by atoms with Crippen molar-refractivity contribution < 1.29 is 14.3 Å². The minimum atomic E-state index is 0.155. The van der Waals surface area contributed by atoms with Crippen LogP contribution in [-0.4, -0.2) is 68.3 Å². The molecule has 3 aliphatic rings. The van der Waals surface area contributed by atoms with Crippen molar-refractivity contribution in [3.05, 3.63) is 29.8 Å². The lowest BCUT2D eigenvalue weighted by Crippen LogP contribution is -2.47. The van der Waals surface area contributed by atoms with E-state index in [2.05, 4.69) is 28.9 Å². The molecule has 5 heteroatoms. The van der Waals surface area contributed by atoms with Crippen LogP contribution in [0.3, 0.4) is 0 Å². The fourth-order valence-electron chi connectivity index (χ4n) is 4.46. The molecule has 0 bridgehead atoms. The summed E-state index contributed by atoms with van der Waals surface area (Å²) in [6.07, 6.45) is 0.971. The first-order valence-electron chi connectivity index (χ1n) is 9.42. The molecule has 2 aliphatic heterocycles. The summed E-state index contributed by atoms with van der Waals surface area (Å²) in [5.41, 5.74) is 1.23. The van der Waals surface area contributed by atoms with Gasteiger partial charge in [0.25, 0.3) is 0 Å². The van der Waals surface area contributed by atoms with Gasteiger partial charge in [-0.1, -0.05) is 19.1 Å². The quantitative estimate of drug-likeness (QED) is 0.838. The first-order valence-corrected chi connectivity index (χ1v) is 9.42. The highest BCUT2D eigenvalue weighted by Crippen LogP contribution is 2.49. The van der Waals surface area contributed by atoms with Crippen LogP contribution < -0.4 is 4.74 Å². The van der Waals surface area contributed by atoms with Crippen molar-refractivity contribution in [3.8, 4) is 5.75 Å². The fourth-order valence-corrected chi connectivity index (χ4v) is 4.46. The van der Waals surface area contributed by atoms with Crippen LogP contribution in [0.4, 0.5) is 0 Å². The summed E-state index contributed by atoms with van der Waals surface area (Å²) in [6, 6.07) is 8.64. The normalized spacial score (nSPS) is 32.6. The van der Waals surface area contributed by atoms with Crippen LogP contribution in [0.5, 0.6) is 5.75 Å². The molecule has 4 rings (SSSR count). The SMILES string of the molecule is COc1cccc([C@@H]2C[C@@H]2C(=O)N2C[C@@H](C)[C@H](N3CCOCC3)C2)c1. The lowest BCUT2D eigenvalue weighted by molar-refractivity contribution is -0.131. The third-order valence-corrected chi connectivity index (χ3v) is 6.03. The van der Waals surface area contributed by atoms with Gasteiger partial charge in [-0.25, -0.2) is 0 Å². The minimum Gasteiger partial charge on any atom is -0.497 e. The first kappa shape index (κ1) is 16.9. The number of amides is 1. The number of carbonyl (C=O) groups excluding carboxylic acids is 1. The van der Waals surface area contributed by atoms with Gasteiger partial charge in [-0.2, -0.15) is 0 Å². The van der Waals surface area contributed by atoms with Gasteiger partial charge in [0.1, 0.15) is 5.75 Å². The Morgan fingerprint density at radius 3 is 2.80 bits per heavy atom. The Bertz CT molecular complexity index is 629. The average molecular weight is 344 g/mol. The Morgan fingerprint density at radius 2 is 2.04 bits per heavy atom. The lowest BCUT2D eigenvalue weighted by atomic mass is 10.0. The van der Waals surface area contributed by atoms with Gasteiger partial charge in [0.05, 0.1) is 20.3 Å². The van der Waals surface area contributed by atoms with Crippen molar-refractivity contribution in [1.29, 1.82) is 0 Å². The third kappa shape index (κ3) is 3.40. The number of likely N-dealkylation sites (tertiary alicyclic amines) is 1. The van der Waals surface area contributed by atoms with Gasteiger partial charge < -0.3 is 14.4 Å². The predicted octanol–water partition coefficient (Wildman–Crippen LogP) is 1.98. The van der Waals surface area contributed by atoms with Crippen molar-refractivity contribution in [2.45, 2.75) is 25.3 Å². The molecule has 1 aliphatic carbocycles. The number of hydrogen-bond donors (Lipinski definition) is 0. The maximum Gasteiger partial charge on any atom is 0.226 e. The molecule has 0 unspecified atom stereocenters. The molecule has 4 atom stereocenters. The molecule has 25 heavy (non-hydrogen) atoms. The van der Waals surface area contributed by atoms with E-state index in [-0.39, 0.29) is 5.92 Å². The minimum absolute atomic E-state index is 0.155. The molecule has 1 amide bonds. The first-order chi connectivity index (χ1) is 12.2. The molecule has 136 valence electrons. The molecular weight excluding hydrogens is 316 g/mol. The van der Waals surface area contributed by atoms with E-state index in [1.54, 1.807) is 7.11 Å². The smallest absolute Gasteiger partial charge is 0.226 e. The average Bonchev–Trinajstić information content (AvgIpc) is 3.37. The van der Waals surface area contributed by atoms with Crippen LogP contribution in [0.1, 0.15) is 24.8 Å². The number of morpholine rings is 1. The summed E-state index contributed by atoms with van der Waals surface area (Å²) < 4.78 is 10.8. The fraction of sp³-hybridized carbons (Fsp3) is 0.650. The zero-order valence-corrected chi connectivity index (χ0v) is 15.2. The van der Waals surface area contributed by atoms with Crippen LogP contribution in [0.15, 0.2) is 24.3 Å². The van der Waals surface area contributed by atoms with E-state index in [4.69, 9.17) is 9.47 Å². The zero-order valence-electron chi connectivity index (χ0n) is 15.2. The Labute approximate surface area is 149 Å². The highest BCUT2D eigenvalue weighted by Gasteiger charge is 2.48. The highest BCUT2D eigenvalue weighted by atomic mass is 16.5. The van der Waals surface area contributed by atoms with Gasteiger partial charge in [-0.05, 0) is 36.0 Å². The number of ether oxygens (including phenoxy) is 2. The van der Waals surface area contributed by atoms with E-state index in [0.29, 0.717) is 23.8 Å². The number of methoxy groups -OCH3 is 1. The van der Waals surface area contributed by atoms with E-state index in [9.17, 15) is 4.79 Å². The molecule has 1 aromatic rings. The summed E-state index contributed by atoms with van der Waals surface area (Å²) in [5, 5.41) is 0. The number of rotatable bonds is 4. The Morgan fingerprint density at radius 1 is 1.24 bits per heavy atom. The van der Waals surface area contributed by atoms with Gasteiger partial charge in [0.2, 0.25) is 5.91 Å². The zero-order chi connectivity index (χ0) is 17.4. The van der Waals surface area contributed by atoms with Crippen LogP contribution in [0.25, 0.3) is 0 Å². The van der Waals surface area contributed by atoms with Crippen molar-refractivity contribution in [2.24, 2.45) is 11.8 Å². The molecule has 0 radical (unpaired) electrons. The second-order valence-corrected chi connectivity index (χ2v) is 7.66. The van der Waals surface area contributed by atoms with Crippen LogP contribution in [0.2, 0.25) is 0 Å². The second-order valence-electron chi connectivity index (χ2n) is 7.66. The summed E-state index contributed by atoms with van der Waals surface area (Å²) in [7, 11) is 1.69. The van der Waals surface area contributed by atoms with Gasteiger partial charge >= 0.3 is 0 Å². The van der Waals surface area contributed by atoms with Crippen molar-refractivity contribution in [1.82, 2.24) is 9.80 Å². The molecule has 3 fully saturated rings. The lowest BCUT2D eigenvalue weighted by Gasteiger charge is -2.34. The highest BCUT2D eigenvalue weighted by molar-refractivity contribution is 5.83. The van der Waals surface area contributed by atoms with Crippen LogP contribution >= 0.6 is 0 Å². The van der Waals surface area contributed by atoms with E-state index in [1.807, 2.05) is 12.1 Å². The third-order valence-electron chi connectivity index (χ3n) is 6.03. The Hall–Kier alpha value is -1.59. The summed E-state index contributed by atoms with van der Waals surface area (Å²) in [4.78, 5) is 17.6. The van der Waals surface area contributed by atoms with E-state index >= 15 is 0 Å². The molecule has 2 heterocycles. The molecule has 0 aromatic heterocycles. The Balaban J connectivity index is 1.37. The molecule has 0 N–H and O–H groups in total. The van der Waals surface area contributed by atoms with E-state index < -0.39 is 0 Å². The molecular formula is C20H28N2O3. The molecule has 2 saturated heterocycles. The predicted molar refractivity (Wildman–Crippen MR) is 95.8 cm³/mol. The molecule has 5 nitrogen and oxygen atoms in total. The van der Waals surface area contributed by atoms with E-state index in [0.717, 1.165) is 51.6 Å². The maximum absolute atomic E-state index is 13.0. The van der Waals surface area contributed by atoms with Gasteiger partial charge in [0, 0.05) is 38.1 Å². The molecule has 1 saturated carbocycles. The standard InChI is InChI=1S/C20H28N2O3/c1-14-12-22(13-19(14)21-6-8-25-9-7-21)20(23)18-11-17(18)15-4-3-5-16(10-15)24-2/h3-5,10,14,17-19H,6-9,11-13H2,1-2H3/t14-,17+,18+,19-/m1/s1. The molecule has 0 spiro atoms. The second kappa shape index (κ2) is 6.96. The number of hydrogen-bond acceptors (Lipinski definition) is 4. The monoisotopic (exact) mass is 344 g/mol. The van der Waals surface area contributed by atoms with Crippen LogP contribution in [-0.2, 0) is 9.53 Å². The number of carbonyl (C=O) groups is 1. The van der Waals surface area contributed by atoms with Crippen molar-refractivity contribution in [2.75, 3.05) is 46.5 Å². The number of benzene rings is 1. The largest absolute Gasteiger partial charge is 0.497 e. The molecule has 1 aromatic carbocycles. The van der Waals surface area contributed by atoms with Crippen LogP contribution in [0, 0.1) is 11.8 Å². The summed E-state index contributed by atoms with van der Waals surface area (Å²) in [5.74, 6) is 2.27. The topological polar surface area (TPSA) is 42.0 Å². The van der Waals surface area contributed by atoms with Gasteiger partial charge in [-0.15, -0.1) is 0 Å². The van der Waals surface area contributed by atoms with Gasteiger partial charge in [-0.3, -0.25) is 9.69 Å². The van der Waals surface area contributed by atoms with Crippen molar-refractivity contribution in [3.63, 3.8) is 0 Å². The maximum atomic E-state index is 13.0. The van der Waals surface area contributed by atoms with Gasteiger partial charge in [0.15, 0.2) is 0 Å².